The van der Waals surface area contributed by atoms with Gasteiger partial charge in [0, 0.05) is 5.88 Å². The SMILES string of the molecule is CS(=O)(=O)NCC(=O)COc1ccc(Cc2cc(Cl)c(OCCCCl)c(Cl)c2)cc1. The van der Waals surface area contributed by atoms with E-state index >= 15 is 0 Å². The Balaban J connectivity index is 1.92. The monoisotopic (exact) mass is 493 g/mol. The number of hydrogen-bond donors (Lipinski definition) is 1. The molecule has 0 aliphatic heterocycles. The van der Waals surface area contributed by atoms with E-state index in [0.29, 0.717) is 46.9 Å². The summed E-state index contributed by atoms with van der Waals surface area (Å²) in [5.74, 6) is 1.08. The fourth-order valence-corrected chi connectivity index (χ4v) is 3.62. The van der Waals surface area contributed by atoms with Crippen LogP contribution in [0.4, 0.5) is 0 Å². The molecule has 2 aromatic rings. The van der Waals surface area contributed by atoms with Crippen LogP contribution in [0, 0.1) is 0 Å². The normalized spacial score (nSPS) is 11.3. The summed E-state index contributed by atoms with van der Waals surface area (Å²) in [5.41, 5.74) is 1.92. The molecule has 0 aliphatic carbocycles. The lowest BCUT2D eigenvalue weighted by Crippen LogP contribution is -2.31. The van der Waals surface area contributed by atoms with Crippen LogP contribution in [0.1, 0.15) is 17.5 Å². The molecule has 1 N–H and O–H groups in total. The summed E-state index contributed by atoms with van der Waals surface area (Å²) in [6, 6.07) is 10.8. The minimum atomic E-state index is -3.41. The van der Waals surface area contributed by atoms with Gasteiger partial charge in [-0.1, -0.05) is 35.3 Å². The number of benzene rings is 2. The number of ketones is 1. The van der Waals surface area contributed by atoms with Crippen molar-refractivity contribution in [2.24, 2.45) is 0 Å². The van der Waals surface area contributed by atoms with Crippen molar-refractivity contribution in [3.8, 4) is 11.5 Å². The van der Waals surface area contributed by atoms with E-state index in [-0.39, 0.29) is 18.9 Å². The molecule has 30 heavy (non-hydrogen) atoms. The number of carbonyl (C=O) groups excluding carboxylic acids is 1. The van der Waals surface area contributed by atoms with E-state index in [4.69, 9.17) is 44.3 Å². The van der Waals surface area contributed by atoms with Crippen molar-refractivity contribution >= 4 is 50.6 Å². The van der Waals surface area contributed by atoms with Crippen molar-refractivity contribution in [2.45, 2.75) is 12.8 Å². The molecule has 6 nitrogen and oxygen atoms in total. The second-order valence-corrected chi connectivity index (χ2v) is 9.55. The molecule has 0 unspecified atom stereocenters. The molecule has 2 aromatic carbocycles. The molecule has 0 fully saturated rings. The van der Waals surface area contributed by atoms with Crippen molar-refractivity contribution in [3.63, 3.8) is 0 Å². The average molecular weight is 495 g/mol. The van der Waals surface area contributed by atoms with Crippen LogP contribution < -0.4 is 14.2 Å². The molecule has 10 heteroatoms. The average Bonchev–Trinajstić information content (AvgIpc) is 2.67. The first-order chi connectivity index (χ1) is 14.2. The summed E-state index contributed by atoms with van der Waals surface area (Å²) in [7, 11) is -3.41. The van der Waals surface area contributed by atoms with Gasteiger partial charge in [0.1, 0.15) is 12.4 Å². The van der Waals surface area contributed by atoms with E-state index in [0.717, 1.165) is 17.4 Å². The van der Waals surface area contributed by atoms with Gasteiger partial charge in [0.25, 0.3) is 0 Å². The lowest BCUT2D eigenvalue weighted by atomic mass is 10.0. The molecule has 164 valence electrons. The molecule has 0 spiro atoms. The summed E-state index contributed by atoms with van der Waals surface area (Å²) in [4.78, 5) is 11.7. The van der Waals surface area contributed by atoms with E-state index in [9.17, 15) is 13.2 Å². The highest BCUT2D eigenvalue weighted by Crippen LogP contribution is 2.35. The van der Waals surface area contributed by atoms with Crippen LogP contribution in [0.25, 0.3) is 0 Å². The molecule has 0 saturated heterocycles. The van der Waals surface area contributed by atoms with Gasteiger partial charge in [0.05, 0.1) is 29.5 Å². The van der Waals surface area contributed by atoms with Crippen LogP contribution >= 0.6 is 34.8 Å². The maximum Gasteiger partial charge on any atom is 0.209 e. The topological polar surface area (TPSA) is 81.7 Å². The van der Waals surface area contributed by atoms with Crippen molar-refractivity contribution in [1.29, 1.82) is 0 Å². The van der Waals surface area contributed by atoms with Crippen molar-refractivity contribution in [1.82, 2.24) is 4.72 Å². The second-order valence-electron chi connectivity index (χ2n) is 6.52. The Morgan fingerprint density at radius 2 is 1.67 bits per heavy atom. The quantitative estimate of drug-likeness (QED) is 0.355. The van der Waals surface area contributed by atoms with Crippen LogP contribution in [0.5, 0.6) is 11.5 Å². The Kier molecular flexibility index (Phi) is 9.71. The van der Waals surface area contributed by atoms with Crippen LogP contribution in [-0.2, 0) is 21.2 Å². The molecule has 0 heterocycles. The highest BCUT2D eigenvalue weighted by atomic mass is 35.5. The van der Waals surface area contributed by atoms with Gasteiger partial charge in [-0.15, -0.1) is 11.6 Å². The number of halogens is 3. The van der Waals surface area contributed by atoms with Gasteiger partial charge in [-0.25, -0.2) is 13.1 Å². The Hall–Kier alpha value is -1.51. The van der Waals surface area contributed by atoms with Crippen LogP contribution in [-0.4, -0.2) is 46.1 Å². The molecule has 0 amide bonds. The number of carbonyl (C=O) groups is 1. The van der Waals surface area contributed by atoms with Gasteiger partial charge < -0.3 is 9.47 Å². The zero-order valence-electron chi connectivity index (χ0n) is 16.3. The standard InChI is InChI=1S/C20H22Cl3NO5S/c1-30(26,27)24-12-16(25)13-29-17-5-3-14(4-6-17)9-15-10-18(22)20(19(23)11-15)28-8-2-7-21/h3-6,10-11,24H,2,7-9,12-13H2,1H3. The Bertz CT molecular complexity index is 942. The minimum absolute atomic E-state index is 0.224. The summed E-state index contributed by atoms with van der Waals surface area (Å²) < 4.78 is 35.1. The zero-order chi connectivity index (χ0) is 22.1. The molecular weight excluding hydrogens is 473 g/mol. The first-order valence-corrected chi connectivity index (χ1v) is 12.2. The maximum atomic E-state index is 11.7. The number of ether oxygens (including phenoxy) is 2. The van der Waals surface area contributed by atoms with Gasteiger partial charge in [-0.05, 0) is 48.2 Å². The largest absolute Gasteiger partial charge is 0.490 e. The van der Waals surface area contributed by atoms with Gasteiger partial charge in [-0.3, -0.25) is 4.79 Å². The molecule has 0 atom stereocenters. The summed E-state index contributed by atoms with van der Waals surface area (Å²) in [5, 5.41) is 0.876. The molecule has 0 bridgehead atoms. The van der Waals surface area contributed by atoms with E-state index in [1.54, 1.807) is 24.3 Å². The number of rotatable bonds is 12. The van der Waals surface area contributed by atoms with E-state index in [1.165, 1.54) is 0 Å². The second kappa shape index (κ2) is 11.8. The smallest absolute Gasteiger partial charge is 0.209 e. The highest BCUT2D eigenvalue weighted by Gasteiger charge is 2.11. The molecule has 0 aliphatic rings. The first kappa shape index (κ1) is 24.8. The Labute approximate surface area is 191 Å². The third kappa shape index (κ3) is 8.70. The third-order valence-corrected chi connectivity index (χ3v) is 5.34. The predicted molar refractivity (Wildman–Crippen MR) is 120 cm³/mol. The number of nitrogens with one attached hydrogen (secondary N) is 1. The van der Waals surface area contributed by atoms with Crippen LogP contribution in [0.3, 0.4) is 0 Å². The molecular formula is C20H22Cl3NO5S. The van der Waals surface area contributed by atoms with Gasteiger partial charge in [0.2, 0.25) is 10.0 Å². The zero-order valence-corrected chi connectivity index (χ0v) is 19.4. The predicted octanol–water partition coefficient (Wildman–Crippen LogP) is 4.09. The number of alkyl halides is 1. The molecule has 0 aromatic heterocycles. The lowest BCUT2D eigenvalue weighted by Gasteiger charge is -2.12. The summed E-state index contributed by atoms with van der Waals surface area (Å²) in [6.07, 6.45) is 2.28. The van der Waals surface area contributed by atoms with E-state index in [1.807, 2.05) is 12.1 Å². The van der Waals surface area contributed by atoms with Crippen molar-refractivity contribution in [2.75, 3.05) is 31.9 Å². The number of hydrogen-bond acceptors (Lipinski definition) is 5. The Morgan fingerprint density at radius 3 is 2.23 bits per heavy atom. The number of Topliss-reactive ketones (excluding diaryl/α,β-unsaturated/α-hetero) is 1. The fraction of sp³-hybridized carbons (Fsp3) is 0.350. The van der Waals surface area contributed by atoms with Crippen molar-refractivity contribution in [3.05, 3.63) is 57.6 Å². The van der Waals surface area contributed by atoms with Gasteiger partial charge >= 0.3 is 0 Å². The summed E-state index contributed by atoms with van der Waals surface area (Å²) in [6.45, 7) is -0.0845. The maximum absolute atomic E-state index is 11.7. The molecule has 0 saturated carbocycles. The van der Waals surface area contributed by atoms with Gasteiger partial charge in [0.15, 0.2) is 11.5 Å². The van der Waals surface area contributed by atoms with E-state index < -0.39 is 10.0 Å². The lowest BCUT2D eigenvalue weighted by molar-refractivity contribution is -0.119. The fourth-order valence-electron chi connectivity index (χ4n) is 2.45. The molecule has 2 rings (SSSR count). The van der Waals surface area contributed by atoms with Gasteiger partial charge in [-0.2, -0.15) is 0 Å². The first-order valence-electron chi connectivity index (χ1n) is 9.02. The summed E-state index contributed by atoms with van der Waals surface area (Å²) >= 11 is 18.2. The van der Waals surface area contributed by atoms with Crippen LogP contribution in [0.2, 0.25) is 10.0 Å². The number of sulfonamides is 1. The Morgan fingerprint density at radius 1 is 1.03 bits per heavy atom. The van der Waals surface area contributed by atoms with Crippen LogP contribution in [0.15, 0.2) is 36.4 Å². The third-order valence-electron chi connectivity index (χ3n) is 3.85. The molecule has 0 radical (unpaired) electrons. The van der Waals surface area contributed by atoms with E-state index in [2.05, 4.69) is 4.72 Å². The highest BCUT2D eigenvalue weighted by molar-refractivity contribution is 7.88. The minimum Gasteiger partial charge on any atom is -0.490 e. The van der Waals surface area contributed by atoms with Crippen molar-refractivity contribution < 1.29 is 22.7 Å².